The molecule has 1 heterocycles. The second kappa shape index (κ2) is 6.34. The van der Waals surface area contributed by atoms with E-state index >= 15 is 0 Å². The van der Waals surface area contributed by atoms with Gasteiger partial charge in [-0.25, -0.2) is 13.1 Å². The number of nitrogens with one attached hydrogen (secondary N) is 1. The molecule has 1 aromatic carbocycles. The molecule has 0 spiro atoms. The van der Waals surface area contributed by atoms with Crippen molar-refractivity contribution < 1.29 is 13.2 Å². The largest absolute Gasteiger partial charge is 0.497 e. The molecule has 1 aromatic rings. The van der Waals surface area contributed by atoms with Gasteiger partial charge in [0.2, 0.25) is 10.0 Å². The molecular formula is C15H24N2O3S. The zero-order valence-corrected chi connectivity index (χ0v) is 14.0. The minimum Gasteiger partial charge on any atom is -0.497 e. The maximum absolute atomic E-state index is 12.7. The maximum Gasteiger partial charge on any atom is 0.241 e. The number of sulfonamides is 1. The van der Waals surface area contributed by atoms with E-state index in [4.69, 9.17) is 4.74 Å². The van der Waals surface area contributed by atoms with E-state index in [1.165, 1.54) is 0 Å². The summed E-state index contributed by atoms with van der Waals surface area (Å²) in [6.45, 7) is 5.46. The first-order valence-electron chi connectivity index (χ1n) is 7.19. The van der Waals surface area contributed by atoms with Gasteiger partial charge in [0.05, 0.1) is 12.0 Å². The van der Waals surface area contributed by atoms with E-state index in [2.05, 4.69) is 16.7 Å². The van der Waals surface area contributed by atoms with Gasteiger partial charge in [-0.1, -0.05) is 0 Å². The smallest absolute Gasteiger partial charge is 0.241 e. The van der Waals surface area contributed by atoms with Crippen molar-refractivity contribution in [1.82, 2.24) is 9.62 Å². The van der Waals surface area contributed by atoms with Crippen LogP contribution in [0, 0.1) is 13.8 Å². The Balaban J connectivity index is 2.24. The van der Waals surface area contributed by atoms with Gasteiger partial charge >= 0.3 is 0 Å². The van der Waals surface area contributed by atoms with Crippen molar-refractivity contribution in [1.29, 1.82) is 0 Å². The minimum atomic E-state index is -3.49. The Morgan fingerprint density at radius 2 is 1.71 bits per heavy atom. The molecule has 1 aliphatic heterocycles. The first-order chi connectivity index (χ1) is 9.83. The summed E-state index contributed by atoms with van der Waals surface area (Å²) in [7, 11) is 0.153. The molecule has 2 rings (SSSR count). The number of rotatable bonds is 4. The lowest BCUT2D eigenvalue weighted by atomic mass is 10.1. The van der Waals surface area contributed by atoms with Crippen molar-refractivity contribution in [3.05, 3.63) is 23.3 Å². The Morgan fingerprint density at radius 3 is 2.19 bits per heavy atom. The fourth-order valence-corrected chi connectivity index (χ4v) is 4.62. The molecule has 0 radical (unpaired) electrons. The predicted molar refractivity (Wildman–Crippen MR) is 83.3 cm³/mol. The maximum atomic E-state index is 12.7. The second-order valence-corrected chi connectivity index (χ2v) is 7.44. The second-order valence-electron chi connectivity index (χ2n) is 5.79. The zero-order valence-electron chi connectivity index (χ0n) is 13.1. The summed E-state index contributed by atoms with van der Waals surface area (Å²) >= 11 is 0. The molecule has 21 heavy (non-hydrogen) atoms. The number of nitrogens with zero attached hydrogens (tertiary/aromatic N) is 1. The van der Waals surface area contributed by atoms with E-state index in [1.807, 2.05) is 0 Å². The number of hydrogen-bond donors (Lipinski definition) is 1. The highest BCUT2D eigenvalue weighted by Gasteiger charge is 2.26. The van der Waals surface area contributed by atoms with Crippen LogP contribution in [0.15, 0.2) is 17.0 Å². The zero-order chi connectivity index (χ0) is 15.6. The topological polar surface area (TPSA) is 58.6 Å². The number of methoxy groups -OCH3 is 1. The molecule has 6 heteroatoms. The first kappa shape index (κ1) is 16.3. The molecule has 1 N–H and O–H groups in total. The third kappa shape index (κ3) is 3.75. The van der Waals surface area contributed by atoms with Gasteiger partial charge in [-0.2, -0.15) is 0 Å². The van der Waals surface area contributed by atoms with Crippen LogP contribution < -0.4 is 9.46 Å². The Labute approximate surface area is 127 Å². The molecule has 0 amide bonds. The van der Waals surface area contributed by atoms with Crippen LogP contribution in [0.1, 0.15) is 24.0 Å². The van der Waals surface area contributed by atoms with E-state index in [0.29, 0.717) is 21.8 Å². The molecule has 0 aromatic heterocycles. The minimum absolute atomic E-state index is 0.0205. The number of ether oxygens (including phenoxy) is 1. The van der Waals surface area contributed by atoms with E-state index < -0.39 is 10.0 Å². The highest BCUT2D eigenvalue weighted by Crippen LogP contribution is 2.26. The summed E-state index contributed by atoms with van der Waals surface area (Å²) in [5.41, 5.74) is 1.43. The number of piperidine rings is 1. The Hall–Kier alpha value is -1.11. The van der Waals surface area contributed by atoms with Crippen molar-refractivity contribution in [3.8, 4) is 5.75 Å². The lowest BCUT2D eigenvalue weighted by molar-refractivity contribution is 0.248. The van der Waals surface area contributed by atoms with Gasteiger partial charge in [-0.3, -0.25) is 0 Å². The fourth-order valence-electron chi connectivity index (χ4n) is 2.86. The van der Waals surface area contributed by atoms with Crippen LogP contribution in [0.5, 0.6) is 5.75 Å². The summed E-state index contributed by atoms with van der Waals surface area (Å²) in [5, 5.41) is 0. The molecule has 1 saturated heterocycles. The van der Waals surface area contributed by atoms with E-state index in [9.17, 15) is 8.42 Å². The average Bonchev–Trinajstić information content (AvgIpc) is 2.39. The van der Waals surface area contributed by atoms with Crippen LogP contribution in [-0.2, 0) is 10.0 Å². The van der Waals surface area contributed by atoms with Crippen molar-refractivity contribution in [2.24, 2.45) is 0 Å². The summed E-state index contributed by atoms with van der Waals surface area (Å²) in [5.74, 6) is 0.684. The van der Waals surface area contributed by atoms with Crippen molar-refractivity contribution in [3.63, 3.8) is 0 Å². The number of likely N-dealkylation sites (tertiary alicyclic amines) is 1. The van der Waals surface area contributed by atoms with Crippen LogP contribution in [-0.4, -0.2) is 46.6 Å². The molecule has 1 fully saturated rings. The van der Waals surface area contributed by atoms with Gasteiger partial charge in [0.15, 0.2) is 0 Å². The highest BCUT2D eigenvalue weighted by molar-refractivity contribution is 7.89. The van der Waals surface area contributed by atoms with Crippen molar-refractivity contribution in [2.45, 2.75) is 37.6 Å². The number of hydrogen-bond acceptors (Lipinski definition) is 4. The molecule has 1 aliphatic rings. The van der Waals surface area contributed by atoms with Crippen LogP contribution in [0.25, 0.3) is 0 Å². The lowest BCUT2D eigenvalue weighted by Crippen LogP contribution is -2.43. The Kier molecular flexibility index (Phi) is 4.91. The summed E-state index contributed by atoms with van der Waals surface area (Å²) < 4.78 is 33.4. The van der Waals surface area contributed by atoms with Gasteiger partial charge in [0.1, 0.15) is 5.75 Å². The molecule has 0 unspecified atom stereocenters. The SMILES string of the molecule is COc1cc(C)c(S(=O)(=O)NC2CCN(C)CC2)c(C)c1. The lowest BCUT2D eigenvalue weighted by Gasteiger charge is -2.29. The monoisotopic (exact) mass is 312 g/mol. The standard InChI is InChI=1S/C15H24N2O3S/c1-11-9-14(20-4)10-12(2)15(11)21(18,19)16-13-5-7-17(3)8-6-13/h9-10,13,16H,5-8H2,1-4H3. The molecule has 0 bridgehead atoms. The van der Waals surface area contributed by atoms with Gasteiger partial charge in [0, 0.05) is 6.04 Å². The Morgan fingerprint density at radius 1 is 1.19 bits per heavy atom. The van der Waals surface area contributed by atoms with Crippen LogP contribution >= 0.6 is 0 Å². The van der Waals surface area contributed by atoms with Crippen LogP contribution in [0.4, 0.5) is 0 Å². The van der Waals surface area contributed by atoms with Gasteiger partial charge in [-0.15, -0.1) is 0 Å². The highest BCUT2D eigenvalue weighted by atomic mass is 32.2. The summed E-state index contributed by atoms with van der Waals surface area (Å²) in [6, 6.07) is 3.54. The molecule has 118 valence electrons. The molecule has 5 nitrogen and oxygen atoms in total. The van der Waals surface area contributed by atoms with E-state index in [1.54, 1.807) is 33.1 Å². The van der Waals surface area contributed by atoms with Gasteiger partial charge in [-0.05, 0) is 70.1 Å². The fraction of sp³-hybridized carbons (Fsp3) is 0.600. The van der Waals surface area contributed by atoms with Gasteiger partial charge in [0.25, 0.3) is 0 Å². The predicted octanol–water partition coefficient (Wildman–Crippen LogP) is 1.68. The average molecular weight is 312 g/mol. The van der Waals surface area contributed by atoms with Gasteiger partial charge < -0.3 is 9.64 Å². The quantitative estimate of drug-likeness (QED) is 0.919. The van der Waals surface area contributed by atoms with E-state index in [-0.39, 0.29) is 6.04 Å². The van der Waals surface area contributed by atoms with Crippen LogP contribution in [0.3, 0.4) is 0 Å². The molecule has 0 aliphatic carbocycles. The molecule has 0 atom stereocenters. The molecule has 0 saturated carbocycles. The Bertz CT molecular complexity index is 582. The van der Waals surface area contributed by atoms with Crippen LogP contribution in [0.2, 0.25) is 0 Å². The number of benzene rings is 1. The summed E-state index contributed by atoms with van der Waals surface area (Å²) in [4.78, 5) is 2.59. The van der Waals surface area contributed by atoms with Crippen molar-refractivity contribution >= 4 is 10.0 Å². The van der Waals surface area contributed by atoms with Crippen molar-refractivity contribution in [2.75, 3.05) is 27.2 Å². The third-order valence-corrected chi connectivity index (χ3v) is 5.80. The number of aryl methyl sites for hydroxylation is 2. The first-order valence-corrected chi connectivity index (χ1v) is 8.68. The third-order valence-electron chi connectivity index (χ3n) is 3.98. The summed E-state index contributed by atoms with van der Waals surface area (Å²) in [6.07, 6.45) is 1.70. The normalized spacial score (nSPS) is 17.9. The molecular weight excluding hydrogens is 288 g/mol. The van der Waals surface area contributed by atoms with E-state index in [0.717, 1.165) is 25.9 Å².